The highest BCUT2D eigenvalue weighted by atomic mass is 32.1. The van der Waals surface area contributed by atoms with E-state index >= 15 is 0 Å². The first-order valence-electron chi connectivity index (χ1n) is 9.64. The first-order chi connectivity index (χ1) is 14.6. The molecule has 0 bridgehead atoms. The van der Waals surface area contributed by atoms with Crippen LogP contribution >= 0.6 is 11.3 Å². The smallest absolute Gasteiger partial charge is 0.286 e. The Hall–Kier alpha value is -3.26. The number of amides is 2. The third kappa shape index (κ3) is 5.87. The molecule has 0 spiro atoms. The SMILES string of the molecule is COc1ccccc1CNC(=O)CCCc1nnc(C(=O)Nc2ccccc2C)s1. The summed E-state index contributed by atoms with van der Waals surface area (Å²) >= 11 is 1.25. The second-order valence-electron chi connectivity index (χ2n) is 6.71. The number of aromatic nitrogens is 2. The largest absolute Gasteiger partial charge is 0.496 e. The van der Waals surface area contributed by atoms with Crippen LogP contribution < -0.4 is 15.4 Å². The molecule has 7 nitrogen and oxygen atoms in total. The van der Waals surface area contributed by atoms with Crippen LogP contribution in [0.4, 0.5) is 5.69 Å². The van der Waals surface area contributed by atoms with E-state index in [9.17, 15) is 9.59 Å². The molecule has 2 aromatic carbocycles. The number of aryl methyl sites for hydroxylation is 2. The van der Waals surface area contributed by atoms with E-state index in [2.05, 4.69) is 20.8 Å². The topological polar surface area (TPSA) is 93.2 Å². The van der Waals surface area contributed by atoms with Crippen molar-refractivity contribution in [2.24, 2.45) is 0 Å². The van der Waals surface area contributed by atoms with Crippen LogP contribution in [0.1, 0.15) is 38.8 Å². The van der Waals surface area contributed by atoms with Gasteiger partial charge in [0.1, 0.15) is 10.8 Å². The first kappa shape index (κ1) is 21.4. The van der Waals surface area contributed by atoms with Crippen molar-refractivity contribution in [2.45, 2.75) is 32.7 Å². The van der Waals surface area contributed by atoms with E-state index in [4.69, 9.17) is 4.74 Å². The number of ether oxygens (including phenoxy) is 1. The zero-order valence-corrected chi connectivity index (χ0v) is 17.8. The van der Waals surface area contributed by atoms with Crippen LogP contribution in [0.5, 0.6) is 5.75 Å². The zero-order chi connectivity index (χ0) is 21.3. The van der Waals surface area contributed by atoms with Gasteiger partial charge in [0, 0.05) is 30.6 Å². The van der Waals surface area contributed by atoms with E-state index in [0.29, 0.717) is 30.8 Å². The summed E-state index contributed by atoms with van der Waals surface area (Å²) in [6.07, 6.45) is 1.60. The van der Waals surface area contributed by atoms with Gasteiger partial charge in [-0.3, -0.25) is 9.59 Å². The third-order valence-corrected chi connectivity index (χ3v) is 5.50. The van der Waals surface area contributed by atoms with E-state index in [1.54, 1.807) is 7.11 Å². The molecule has 0 atom stereocenters. The lowest BCUT2D eigenvalue weighted by Crippen LogP contribution is -2.22. The number of carbonyl (C=O) groups is 2. The number of nitrogens with zero attached hydrogens (tertiary/aromatic N) is 2. The highest BCUT2D eigenvalue weighted by Gasteiger charge is 2.14. The maximum absolute atomic E-state index is 12.4. The molecule has 30 heavy (non-hydrogen) atoms. The Kier molecular flexibility index (Phi) is 7.51. The van der Waals surface area contributed by atoms with Gasteiger partial charge in [-0.2, -0.15) is 0 Å². The lowest BCUT2D eigenvalue weighted by Gasteiger charge is -2.09. The van der Waals surface area contributed by atoms with Gasteiger partial charge < -0.3 is 15.4 Å². The summed E-state index contributed by atoms with van der Waals surface area (Å²) in [6, 6.07) is 15.1. The molecule has 0 fully saturated rings. The lowest BCUT2D eigenvalue weighted by atomic mass is 10.2. The Morgan fingerprint density at radius 2 is 1.83 bits per heavy atom. The first-order valence-corrected chi connectivity index (χ1v) is 10.5. The second-order valence-corrected chi connectivity index (χ2v) is 7.77. The Labute approximate surface area is 179 Å². The predicted molar refractivity (Wildman–Crippen MR) is 117 cm³/mol. The van der Waals surface area contributed by atoms with Gasteiger partial charge in [-0.25, -0.2) is 0 Å². The van der Waals surface area contributed by atoms with E-state index in [0.717, 1.165) is 27.6 Å². The quantitative estimate of drug-likeness (QED) is 0.546. The average molecular weight is 425 g/mol. The highest BCUT2D eigenvalue weighted by Crippen LogP contribution is 2.18. The number of methoxy groups -OCH3 is 1. The van der Waals surface area contributed by atoms with Gasteiger partial charge in [0.15, 0.2) is 0 Å². The summed E-state index contributed by atoms with van der Waals surface area (Å²) in [7, 11) is 1.61. The molecule has 0 aliphatic heterocycles. The Bertz CT molecular complexity index is 1020. The van der Waals surface area contributed by atoms with Crippen LogP contribution in [-0.2, 0) is 17.8 Å². The van der Waals surface area contributed by atoms with Gasteiger partial charge >= 0.3 is 0 Å². The summed E-state index contributed by atoms with van der Waals surface area (Å²) in [5.41, 5.74) is 2.67. The molecule has 0 unspecified atom stereocenters. The molecule has 0 aliphatic carbocycles. The molecule has 2 N–H and O–H groups in total. The summed E-state index contributed by atoms with van der Waals surface area (Å²) in [6.45, 7) is 2.35. The molecule has 1 heterocycles. The summed E-state index contributed by atoms with van der Waals surface area (Å²) < 4.78 is 5.28. The van der Waals surface area contributed by atoms with Crippen molar-refractivity contribution in [2.75, 3.05) is 12.4 Å². The zero-order valence-electron chi connectivity index (χ0n) is 17.0. The number of rotatable bonds is 9. The summed E-state index contributed by atoms with van der Waals surface area (Å²) in [5.74, 6) is 0.439. The predicted octanol–water partition coefficient (Wildman–Crippen LogP) is 3.75. The molecule has 3 aromatic rings. The summed E-state index contributed by atoms with van der Waals surface area (Å²) in [4.78, 5) is 24.5. The molecule has 156 valence electrons. The van der Waals surface area contributed by atoms with Gasteiger partial charge in [-0.05, 0) is 31.0 Å². The molecule has 2 amide bonds. The van der Waals surface area contributed by atoms with Crippen molar-refractivity contribution in [3.05, 3.63) is 69.7 Å². The van der Waals surface area contributed by atoms with E-state index in [-0.39, 0.29) is 11.8 Å². The number of benzene rings is 2. The number of para-hydroxylation sites is 2. The van der Waals surface area contributed by atoms with Crippen LogP contribution in [0.2, 0.25) is 0 Å². The minimum Gasteiger partial charge on any atom is -0.496 e. The molecular weight excluding hydrogens is 400 g/mol. The molecular formula is C22H24N4O3S. The van der Waals surface area contributed by atoms with Crippen molar-refractivity contribution in [3.63, 3.8) is 0 Å². The Morgan fingerprint density at radius 1 is 1.07 bits per heavy atom. The van der Waals surface area contributed by atoms with Crippen molar-refractivity contribution >= 4 is 28.8 Å². The Balaban J connectivity index is 1.43. The Morgan fingerprint density at radius 3 is 2.63 bits per heavy atom. The lowest BCUT2D eigenvalue weighted by molar-refractivity contribution is -0.121. The third-order valence-electron chi connectivity index (χ3n) is 4.52. The van der Waals surface area contributed by atoms with Gasteiger partial charge in [0.05, 0.1) is 7.11 Å². The second kappa shape index (κ2) is 10.5. The van der Waals surface area contributed by atoms with Crippen molar-refractivity contribution in [1.82, 2.24) is 15.5 Å². The molecule has 0 aliphatic rings. The fourth-order valence-corrected chi connectivity index (χ4v) is 3.64. The summed E-state index contributed by atoms with van der Waals surface area (Å²) in [5, 5.41) is 14.9. The van der Waals surface area contributed by atoms with Gasteiger partial charge in [-0.1, -0.05) is 47.7 Å². The van der Waals surface area contributed by atoms with Gasteiger partial charge in [0.25, 0.3) is 5.91 Å². The van der Waals surface area contributed by atoms with Gasteiger partial charge in [0.2, 0.25) is 10.9 Å². The standard InChI is InChI=1S/C22H24N4O3S/c1-15-8-3-5-10-17(15)24-21(28)22-26-25-20(30-22)13-7-12-19(27)23-14-16-9-4-6-11-18(16)29-2/h3-6,8-11H,7,12-14H2,1-2H3,(H,23,27)(H,24,28). The van der Waals surface area contributed by atoms with E-state index < -0.39 is 0 Å². The molecule has 8 heteroatoms. The molecule has 3 rings (SSSR count). The van der Waals surface area contributed by atoms with Crippen molar-refractivity contribution in [3.8, 4) is 5.75 Å². The van der Waals surface area contributed by atoms with E-state index in [1.165, 1.54) is 11.3 Å². The minimum absolute atomic E-state index is 0.0389. The van der Waals surface area contributed by atoms with Crippen molar-refractivity contribution in [1.29, 1.82) is 0 Å². The number of carbonyl (C=O) groups excluding carboxylic acids is 2. The van der Waals surface area contributed by atoms with Crippen LogP contribution in [0.25, 0.3) is 0 Å². The van der Waals surface area contributed by atoms with Gasteiger partial charge in [-0.15, -0.1) is 10.2 Å². The monoisotopic (exact) mass is 424 g/mol. The number of hydrogen-bond donors (Lipinski definition) is 2. The van der Waals surface area contributed by atoms with Crippen molar-refractivity contribution < 1.29 is 14.3 Å². The van der Waals surface area contributed by atoms with Crippen LogP contribution in [0, 0.1) is 6.92 Å². The maximum Gasteiger partial charge on any atom is 0.286 e. The number of nitrogens with one attached hydrogen (secondary N) is 2. The molecule has 0 radical (unpaired) electrons. The maximum atomic E-state index is 12.4. The molecule has 0 saturated heterocycles. The average Bonchev–Trinajstić information content (AvgIpc) is 3.23. The van der Waals surface area contributed by atoms with Crippen LogP contribution in [-0.4, -0.2) is 29.1 Å². The van der Waals surface area contributed by atoms with Crippen LogP contribution in [0.3, 0.4) is 0 Å². The molecule has 0 saturated carbocycles. The molecule has 1 aromatic heterocycles. The highest BCUT2D eigenvalue weighted by molar-refractivity contribution is 7.13. The number of anilines is 1. The van der Waals surface area contributed by atoms with E-state index in [1.807, 2.05) is 55.5 Å². The number of hydrogen-bond acceptors (Lipinski definition) is 6. The fourth-order valence-electron chi connectivity index (χ4n) is 2.87. The van der Waals surface area contributed by atoms with Crippen LogP contribution in [0.15, 0.2) is 48.5 Å². The minimum atomic E-state index is -0.275. The fraction of sp³-hybridized carbons (Fsp3) is 0.273. The normalized spacial score (nSPS) is 10.5.